The maximum absolute atomic E-state index is 6.06. The first-order valence-corrected chi connectivity index (χ1v) is 8.99. The lowest BCUT2D eigenvalue weighted by molar-refractivity contribution is 0.120. The van der Waals surface area contributed by atoms with Crippen LogP contribution < -0.4 is 5.32 Å². The summed E-state index contributed by atoms with van der Waals surface area (Å²) in [5, 5.41) is 4.43. The molecule has 1 saturated heterocycles. The van der Waals surface area contributed by atoms with Crippen molar-refractivity contribution in [1.82, 2.24) is 9.97 Å². The molecule has 1 aliphatic rings. The summed E-state index contributed by atoms with van der Waals surface area (Å²) in [6.45, 7) is 1.56. The number of furan rings is 1. The molecular weight excluding hydrogens is 326 g/mol. The van der Waals surface area contributed by atoms with Gasteiger partial charge in [-0.25, -0.2) is 9.97 Å². The zero-order valence-electron chi connectivity index (χ0n) is 14.3. The normalized spacial score (nSPS) is 17.2. The van der Waals surface area contributed by atoms with E-state index >= 15 is 0 Å². The Balaban J connectivity index is 1.64. The quantitative estimate of drug-likeness (QED) is 0.584. The largest absolute Gasteiger partial charge is 0.450 e. The van der Waals surface area contributed by atoms with E-state index in [-0.39, 0.29) is 6.10 Å². The van der Waals surface area contributed by atoms with Crippen molar-refractivity contribution in [2.75, 3.05) is 18.5 Å². The van der Waals surface area contributed by atoms with Gasteiger partial charge < -0.3 is 14.5 Å². The van der Waals surface area contributed by atoms with Crippen LogP contribution in [0.25, 0.3) is 33.5 Å². The number of fused-ring (bicyclic) bond motifs is 3. The van der Waals surface area contributed by atoms with Crippen LogP contribution in [0.5, 0.6) is 0 Å². The van der Waals surface area contributed by atoms with Gasteiger partial charge in [-0.3, -0.25) is 0 Å². The lowest BCUT2D eigenvalue weighted by atomic mass is 10.2. The Morgan fingerprint density at radius 1 is 1.00 bits per heavy atom. The third-order valence-corrected chi connectivity index (χ3v) is 4.77. The number of rotatable bonds is 4. The van der Waals surface area contributed by atoms with Crippen LogP contribution in [0.1, 0.15) is 12.8 Å². The van der Waals surface area contributed by atoms with Crippen molar-refractivity contribution in [2.45, 2.75) is 18.9 Å². The van der Waals surface area contributed by atoms with Crippen molar-refractivity contribution in [3.05, 3.63) is 54.6 Å². The van der Waals surface area contributed by atoms with E-state index in [4.69, 9.17) is 19.1 Å². The fourth-order valence-electron chi connectivity index (χ4n) is 3.44. The van der Waals surface area contributed by atoms with Gasteiger partial charge in [0, 0.05) is 24.1 Å². The van der Waals surface area contributed by atoms with Crippen LogP contribution >= 0.6 is 0 Å². The summed E-state index contributed by atoms with van der Waals surface area (Å²) in [7, 11) is 0. The molecule has 0 radical (unpaired) electrons. The minimum Gasteiger partial charge on any atom is -0.450 e. The summed E-state index contributed by atoms with van der Waals surface area (Å²) in [4.78, 5) is 9.55. The number of benzene rings is 2. The molecular formula is C21H19N3O2. The molecule has 130 valence electrons. The van der Waals surface area contributed by atoms with Gasteiger partial charge in [0.2, 0.25) is 0 Å². The number of hydrogen-bond acceptors (Lipinski definition) is 5. The number of ether oxygens (including phenoxy) is 1. The van der Waals surface area contributed by atoms with Gasteiger partial charge in [-0.2, -0.15) is 0 Å². The van der Waals surface area contributed by atoms with Crippen molar-refractivity contribution < 1.29 is 9.15 Å². The Labute approximate surface area is 151 Å². The SMILES string of the molecule is c1ccc(-c2nc(NC[C@@H]3CCCO3)c3oc4ccccc4c3n2)cc1. The molecule has 0 unspecified atom stereocenters. The van der Waals surface area contributed by atoms with E-state index in [1.807, 2.05) is 54.6 Å². The van der Waals surface area contributed by atoms with Gasteiger partial charge in [-0.05, 0) is 25.0 Å². The number of anilines is 1. The topological polar surface area (TPSA) is 60.2 Å². The number of nitrogens with zero attached hydrogens (tertiary/aromatic N) is 2. The van der Waals surface area contributed by atoms with E-state index in [1.54, 1.807) is 0 Å². The second kappa shape index (κ2) is 6.42. The Hall–Kier alpha value is -2.92. The molecule has 26 heavy (non-hydrogen) atoms. The van der Waals surface area contributed by atoms with E-state index in [9.17, 15) is 0 Å². The molecule has 1 N–H and O–H groups in total. The number of para-hydroxylation sites is 1. The molecule has 0 saturated carbocycles. The molecule has 3 heterocycles. The molecule has 2 aromatic carbocycles. The predicted molar refractivity (Wildman–Crippen MR) is 102 cm³/mol. The molecule has 5 heteroatoms. The monoisotopic (exact) mass is 345 g/mol. The molecule has 0 aliphatic carbocycles. The highest BCUT2D eigenvalue weighted by atomic mass is 16.5. The summed E-state index contributed by atoms with van der Waals surface area (Å²) in [5.41, 5.74) is 3.34. The fourth-order valence-corrected chi connectivity index (χ4v) is 3.44. The van der Waals surface area contributed by atoms with Gasteiger partial charge in [0.15, 0.2) is 17.2 Å². The Morgan fingerprint density at radius 3 is 2.69 bits per heavy atom. The predicted octanol–water partition coefficient (Wildman–Crippen LogP) is 4.63. The van der Waals surface area contributed by atoms with Crippen LogP contribution in [0.2, 0.25) is 0 Å². The summed E-state index contributed by atoms with van der Waals surface area (Å²) in [6, 6.07) is 18.0. The molecule has 5 rings (SSSR count). The molecule has 1 aliphatic heterocycles. The van der Waals surface area contributed by atoms with Crippen LogP contribution in [0.3, 0.4) is 0 Å². The average Bonchev–Trinajstić information content (AvgIpc) is 3.34. The maximum Gasteiger partial charge on any atom is 0.196 e. The van der Waals surface area contributed by atoms with Gasteiger partial charge in [-0.15, -0.1) is 0 Å². The molecule has 1 fully saturated rings. The number of nitrogens with one attached hydrogen (secondary N) is 1. The Morgan fingerprint density at radius 2 is 1.85 bits per heavy atom. The smallest absolute Gasteiger partial charge is 0.196 e. The second-order valence-electron chi connectivity index (χ2n) is 6.55. The van der Waals surface area contributed by atoms with Crippen LogP contribution in [0, 0.1) is 0 Å². The summed E-state index contributed by atoms with van der Waals surface area (Å²) < 4.78 is 11.8. The summed E-state index contributed by atoms with van der Waals surface area (Å²) >= 11 is 0. The first-order valence-electron chi connectivity index (χ1n) is 8.99. The molecule has 4 aromatic rings. The molecule has 1 atom stereocenters. The van der Waals surface area contributed by atoms with Crippen LogP contribution in [0.15, 0.2) is 59.0 Å². The second-order valence-corrected chi connectivity index (χ2v) is 6.55. The van der Waals surface area contributed by atoms with E-state index in [2.05, 4.69) is 5.32 Å². The van der Waals surface area contributed by atoms with Crippen molar-refractivity contribution in [2.24, 2.45) is 0 Å². The zero-order valence-corrected chi connectivity index (χ0v) is 14.3. The zero-order chi connectivity index (χ0) is 17.3. The lowest BCUT2D eigenvalue weighted by Crippen LogP contribution is -2.19. The van der Waals surface area contributed by atoms with Gasteiger partial charge in [0.25, 0.3) is 0 Å². The van der Waals surface area contributed by atoms with Crippen LogP contribution in [-0.4, -0.2) is 29.2 Å². The molecule has 5 nitrogen and oxygen atoms in total. The standard InChI is InChI=1S/C21H19N3O2/c1-2-7-14(8-3-1)20-23-18-16-10-4-5-11-17(16)26-19(18)21(24-20)22-13-15-9-6-12-25-15/h1-5,7-8,10-11,15H,6,9,12-13H2,(H,22,23,24)/t15-/m0/s1. The summed E-state index contributed by atoms with van der Waals surface area (Å²) in [5.74, 6) is 1.42. The highest BCUT2D eigenvalue weighted by Gasteiger charge is 2.19. The van der Waals surface area contributed by atoms with Crippen molar-refractivity contribution in [3.63, 3.8) is 0 Å². The first-order chi connectivity index (χ1) is 12.9. The number of hydrogen-bond donors (Lipinski definition) is 1. The van der Waals surface area contributed by atoms with E-state index in [1.165, 1.54) is 0 Å². The fraction of sp³-hybridized carbons (Fsp3) is 0.238. The Bertz CT molecular complexity index is 1050. The maximum atomic E-state index is 6.06. The minimum atomic E-state index is 0.226. The average molecular weight is 345 g/mol. The molecule has 0 bridgehead atoms. The first kappa shape index (κ1) is 15.3. The van der Waals surface area contributed by atoms with Crippen molar-refractivity contribution >= 4 is 27.9 Å². The third kappa shape index (κ3) is 2.70. The van der Waals surface area contributed by atoms with Gasteiger partial charge in [-0.1, -0.05) is 42.5 Å². The van der Waals surface area contributed by atoms with Crippen LogP contribution in [-0.2, 0) is 4.74 Å². The molecule has 2 aromatic heterocycles. The third-order valence-electron chi connectivity index (χ3n) is 4.77. The summed E-state index contributed by atoms with van der Waals surface area (Å²) in [6.07, 6.45) is 2.42. The molecule has 0 spiro atoms. The van der Waals surface area contributed by atoms with Crippen molar-refractivity contribution in [1.29, 1.82) is 0 Å². The van der Waals surface area contributed by atoms with Gasteiger partial charge >= 0.3 is 0 Å². The highest BCUT2D eigenvalue weighted by molar-refractivity contribution is 6.06. The lowest BCUT2D eigenvalue weighted by Gasteiger charge is -2.12. The minimum absolute atomic E-state index is 0.226. The Kier molecular flexibility index (Phi) is 3.79. The highest BCUT2D eigenvalue weighted by Crippen LogP contribution is 2.33. The van der Waals surface area contributed by atoms with Gasteiger partial charge in [0.05, 0.1) is 6.10 Å². The molecule has 0 amide bonds. The van der Waals surface area contributed by atoms with Gasteiger partial charge in [0.1, 0.15) is 11.1 Å². The van der Waals surface area contributed by atoms with E-state index in [0.717, 1.165) is 53.9 Å². The number of aromatic nitrogens is 2. The van der Waals surface area contributed by atoms with Crippen molar-refractivity contribution in [3.8, 4) is 11.4 Å². The van der Waals surface area contributed by atoms with E-state index in [0.29, 0.717) is 11.4 Å². The van der Waals surface area contributed by atoms with Crippen LogP contribution in [0.4, 0.5) is 5.82 Å². The van der Waals surface area contributed by atoms with E-state index < -0.39 is 0 Å².